The molecule has 1 aliphatic rings. The Labute approximate surface area is 202 Å². The number of nitrogens with one attached hydrogen (secondary N) is 1. The number of benzene rings is 1. The first kappa shape index (κ1) is 25.6. The number of hydrogen-bond acceptors (Lipinski definition) is 6. The van der Waals surface area contributed by atoms with Crippen LogP contribution >= 0.6 is 0 Å². The Morgan fingerprint density at radius 1 is 1.06 bits per heavy atom. The van der Waals surface area contributed by atoms with Crippen molar-refractivity contribution >= 4 is 15.9 Å². The van der Waals surface area contributed by atoms with Crippen LogP contribution in [0.4, 0.5) is 22.0 Å². The number of hydrogen-bond donors (Lipinski definition) is 1. The van der Waals surface area contributed by atoms with E-state index in [0.717, 1.165) is 47.0 Å². The van der Waals surface area contributed by atoms with Crippen LogP contribution in [0.2, 0.25) is 0 Å². The second kappa shape index (κ2) is 9.85. The van der Waals surface area contributed by atoms with Gasteiger partial charge in [0.25, 0.3) is 0 Å². The fraction of sp³-hybridized carbons (Fsp3) is 0.273. The van der Waals surface area contributed by atoms with E-state index < -0.39 is 52.2 Å². The van der Waals surface area contributed by atoms with Gasteiger partial charge in [0.15, 0.2) is 0 Å². The maximum atomic E-state index is 14.2. The van der Waals surface area contributed by atoms with Crippen molar-refractivity contribution in [3.8, 4) is 11.4 Å². The maximum Gasteiger partial charge on any atom is 0.417 e. The molecule has 2 aromatic heterocycles. The number of alkyl halides is 4. The molecule has 0 saturated carbocycles. The number of aromatic nitrogens is 3. The summed E-state index contributed by atoms with van der Waals surface area (Å²) in [5, 5.41) is 2.50. The lowest BCUT2D eigenvalue weighted by Gasteiger charge is -2.23. The first-order chi connectivity index (χ1) is 16.9. The largest absolute Gasteiger partial charge is 0.417 e. The second-order valence-electron chi connectivity index (χ2n) is 7.92. The molecule has 0 radical (unpaired) electrons. The molecule has 1 N–H and O–H groups in total. The number of halogens is 5. The molecular weight excluding hydrogens is 509 g/mol. The van der Waals surface area contributed by atoms with Gasteiger partial charge in [-0.15, -0.1) is 0 Å². The minimum Gasteiger partial charge on any atom is -0.349 e. The highest BCUT2D eigenvalue weighted by Crippen LogP contribution is 2.30. The number of carbonyl (C=O) groups is 1. The Kier molecular flexibility index (Phi) is 7.00. The zero-order valence-corrected chi connectivity index (χ0v) is 19.1. The highest BCUT2D eigenvalue weighted by Gasteiger charge is 2.44. The minimum absolute atomic E-state index is 0.144. The monoisotopic (exact) mass is 527 g/mol. The van der Waals surface area contributed by atoms with Crippen molar-refractivity contribution in [2.24, 2.45) is 0 Å². The van der Waals surface area contributed by atoms with E-state index in [1.54, 1.807) is 0 Å². The quantitative estimate of drug-likeness (QED) is 0.494. The molecule has 0 unspecified atom stereocenters. The number of amides is 1. The van der Waals surface area contributed by atoms with Crippen LogP contribution in [0.15, 0.2) is 59.9 Å². The highest BCUT2D eigenvalue weighted by atomic mass is 32.2. The van der Waals surface area contributed by atoms with Gasteiger partial charge in [0.2, 0.25) is 15.9 Å². The predicted molar refractivity (Wildman–Crippen MR) is 116 cm³/mol. The summed E-state index contributed by atoms with van der Waals surface area (Å²) in [6, 6.07) is 6.02. The topological polar surface area (TPSA) is 105 Å². The van der Waals surface area contributed by atoms with E-state index in [2.05, 4.69) is 20.3 Å². The van der Waals surface area contributed by atoms with Gasteiger partial charge in [-0.25, -0.2) is 27.2 Å². The number of sulfonamides is 1. The summed E-state index contributed by atoms with van der Waals surface area (Å²) in [6.07, 6.45) is -4.68. The number of nitrogens with zero attached hydrogens (tertiary/aromatic N) is 4. The molecule has 1 fully saturated rings. The van der Waals surface area contributed by atoms with Crippen LogP contribution in [-0.2, 0) is 27.5 Å². The fourth-order valence-corrected chi connectivity index (χ4v) is 5.27. The van der Waals surface area contributed by atoms with Gasteiger partial charge in [0.1, 0.15) is 24.4 Å². The summed E-state index contributed by atoms with van der Waals surface area (Å²) in [7, 11) is -4.27. The Balaban J connectivity index is 1.46. The molecule has 14 heteroatoms. The van der Waals surface area contributed by atoms with Crippen LogP contribution in [0, 0.1) is 5.82 Å². The fourth-order valence-electron chi connectivity index (χ4n) is 3.65. The van der Waals surface area contributed by atoms with E-state index in [1.165, 1.54) is 6.07 Å². The summed E-state index contributed by atoms with van der Waals surface area (Å²) < 4.78 is 92.2. The Morgan fingerprint density at radius 2 is 1.78 bits per heavy atom. The number of pyridine rings is 1. The lowest BCUT2D eigenvalue weighted by molar-refractivity contribution is -0.137. The Hall–Kier alpha value is -3.52. The molecule has 1 amide bonds. The van der Waals surface area contributed by atoms with Crippen molar-refractivity contribution < 1.29 is 35.2 Å². The lowest BCUT2D eigenvalue weighted by atomic mass is 10.2. The molecule has 0 spiro atoms. The zero-order valence-electron chi connectivity index (χ0n) is 18.3. The number of rotatable bonds is 6. The average molecular weight is 527 g/mol. The third-order valence-electron chi connectivity index (χ3n) is 5.45. The van der Waals surface area contributed by atoms with Crippen LogP contribution in [0.25, 0.3) is 11.4 Å². The van der Waals surface area contributed by atoms with Gasteiger partial charge in [-0.2, -0.15) is 17.5 Å². The van der Waals surface area contributed by atoms with Gasteiger partial charge >= 0.3 is 6.18 Å². The molecule has 0 aliphatic carbocycles. The van der Waals surface area contributed by atoms with Gasteiger partial charge in [-0.3, -0.25) is 9.78 Å². The molecule has 3 aromatic rings. The highest BCUT2D eigenvalue weighted by molar-refractivity contribution is 7.89. The first-order valence-corrected chi connectivity index (χ1v) is 11.9. The molecular formula is C22H18F5N5O3S. The smallest absolute Gasteiger partial charge is 0.349 e. The molecule has 1 aliphatic heterocycles. The lowest BCUT2D eigenvalue weighted by Crippen LogP contribution is -2.45. The van der Waals surface area contributed by atoms with Crippen LogP contribution < -0.4 is 5.32 Å². The van der Waals surface area contributed by atoms with Gasteiger partial charge in [0, 0.05) is 19.2 Å². The third kappa shape index (κ3) is 5.49. The number of carbonyl (C=O) groups excluding carboxylic acids is 1. The van der Waals surface area contributed by atoms with Crippen molar-refractivity contribution in [1.82, 2.24) is 24.6 Å². The standard InChI is InChI=1S/C22H18F5N5O3S/c23-14-2-4-17(5-3-14)36(34,35)32-11-15(24)7-20(32)21(33)29-10-16-8-19(31-12-30-16)18-6-1-13(9-28-18)22(25,26)27/h1-6,8-9,12,15,20H,7,10-11H2,(H,29,33)/t15-,20+/m1/s1. The van der Waals surface area contributed by atoms with E-state index in [9.17, 15) is 35.2 Å². The van der Waals surface area contributed by atoms with Crippen LogP contribution in [0.3, 0.4) is 0 Å². The molecule has 2 atom stereocenters. The van der Waals surface area contributed by atoms with Crippen LogP contribution in [0.5, 0.6) is 0 Å². The minimum atomic E-state index is -4.54. The summed E-state index contributed by atoms with van der Waals surface area (Å²) in [6.45, 7) is -0.720. The van der Waals surface area contributed by atoms with Crippen molar-refractivity contribution in [2.75, 3.05) is 6.54 Å². The normalized spacial score (nSPS) is 18.8. The van der Waals surface area contributed by atoms with Gasteiger partial charge < -0.3 is 5.32 Å². The molecule has 1 aromatic carbocycles. The molecule has 8 nitrogen and oxygen atoms in total. The molecule has 36 heavy (non-hydrogen) atoms. The van der Waals surface area contributed by atoms with Gasteiger partial charge in [-0.05, 0) is 42.5 Å². The summed E-state index contributed by atoms with van der Waals surface area (Å²) >= 11 is 0. The Bertz CT molecular complexity index is 1350. The van der Waals surface area contributed by atoms with E-state index >= 15 is 0 Å². The SMILES string of the molecule is O=C(NCc1cc(-c2ccc(C(F)(F)F)cn2)ncn1)[C@@H]1C[C@@H](F)CN1S(=O)(=O)c1ccc(F)cc1. The summed E-state index contributed by atoms with van der Waals surface area (Å²) in [5.74, 6) is -1.42. The predicted octanol–water partition coefficient (Wildman–Crippen LogP) is 3.11. The van der Waals surface area contributed by atoms with E-state index in [1.807, 2.05) is 0 Å². The van der Waals surface area contributed by atoms with Gasteiger partial charge in [-0.1, -0.05) is 0 Å². The molecule has 0 bridgehead atoms. The first-order valence-electron chi connectivity index (χ1n) is 10.5. The summed E-state index contributed by atoms with van der Waals surface area (Å²) in [4.78, 5) is 24.2. The Morgan fingerprint density at radius 3 is 2.42 bits per heavy atom. The molecule has 3 heterocycles. The molecule has 190 valence electrons. The average Bonchev–Trinajstić information content (AvgIpc) is 3.25. The van der Waals surface area contributed by atoms with Gasteiger partial charge in [0.05, 0.1) is 34.1 Å². The third-order valence-corrected chi connectivity index (χ3v) is 7.34. The van der Waals surface area contributed by atoms with E-state index in [4.69, 9.17) is 0 Å². The van der Waals surface area contributed by atoms with Crippen molar-refractivity contribution in [3.05, 3.63) is 72.1 Å². The molecule has 1 saturated heterocycles. The second-order valence-corrected chi connectivity index (χ2v) is 9.81. The van der Waals surface area contributed by atoms with Crippen LogP contribution in [0.1, 0.15) is 17.7 Å². The maximum absolute atomic E-state index is 14.2. The molecule has 4 rings (SSSR count). The zero-order chi connectivity index (χ0) is 26.1. The van der Waals surface area contributed by atoms with Crippen molar-refractivity contribution in [1.29, 1.82) is 0 Å². The van der Waals surface area contributed by atoms with E-state index in [-0.39, 0.29) is 34.9 Å². The van der Waals surface area contributed by atoms with Crippen molar-refractivity contribution in [3.63, 3.8) is 0 Å². The van der Waals surface area contributed by atoms with Crippen LogP contribution in [-0.4, -0.2) is 52.3 Å². The van der Waals surface area contributed by atoms with E-state index in [0.29, 0.717) is 6.20 Å². The summed E-state index contributed by atoms with van der Waals surface area (Å²) in [5.41, 5.74) is -0.313. The van der Waals surface area contributed by atoms with Crippen molar-refractivity contribution in [2.45, 2.75) is 36.3 Å².